The average Bonchev–Trinajstić information content (AvgIpc) is 2.99. The van der Waals surface area contributed by atoms with Crippen molar-refractivity contribution in [2.75, 3.05) is 0 Å². The fraction of sp³-hybridized carbons (Fsp3) is 0.474. The molecule has 0 aliphatic carbocycles. The van der Waals surface area contributed by atoms with Crippen molar-refractivity contribution in [1.82, 2.24) is 25.2 Å². The Labute approximate surface area is 153 Å². The summed E-state index contributed by atoms with van der Waals surface area (Å²) in [7, 11) is 0. The van der Waals surface area contributed by atoms with E-state index >= 15 is 0 Å². The highest BCUT2D eigenvalue weighted by Crippen LogP contribution is 2.21. The van der Waals surface area contributed by atoms with E-state index in [0.29, 0.717) is 24.6 Å². The summed E-state index contributed by atoms with van der Waals surface area (Å²) in [5.74, 6) is -0.177. The summed E-state index contributed by atoms with van der Waals surface area (Å²) in [6, 6.07) is 3.70. The molecule has 2 aromatic rings. The molecular weight excluding hydrogens is 330 g/mol. The molecule has 1 aliphatic heterocycles. The maximum absolute atomic E-state index is 12.7. The third-order valence-corrected chi connectivity index (χ3v) is 4.23. The topological polar surface area (TPSA) is 88.9 Å². The van der Waals surface area contributed by atoms with Crippen molar-refractivity contribution in [3.8, 4) is 0 Å². The van der Waals surface area contributed by atoms with Crippen LogP contribution in [0.2, 0.25) is 0 Å². The van der Waals surface area contributed by atoms with Crippen LogP contribution in [0.1, 0.15) is 66.0 Å². The molecule has 0 saturated carbocycles. The van der Waals surface area contributed by atoms with Gasteiger partial charge in [0.1, 0.15) is 5.69 Å². The molecule has 0 atom stereocenters. The summed E-state index contributed by atoms with van der Waals surface area (Å²) in [5, 5.41) is 5.83. The van der Waals surface area contributed by atoms with Gasteiger partial charge in [-0.1, -0.05) is 0 Å². The Kier molecular flexibility index (Phi) is 5.06. The zero-order chi connectivity index (χ0) is 18.7. The highest BCUT2D eigenvalue weighted by atomic mass is 16.2. The van der Waals surface area contributed by atoms with Crippen LogP contribution < -0.4 is 10.6 Å². The van der Waals surface area contributed by atoms with Crippen LogP contribution in [0.25, 0.3) is 0 Å². The Bertz CT molecular complexity index is 805. The Balaban J connectivity index is 1.82. The highest BCUT2D eigenvalue weighted by molar-refractivity contribution is 5.97. The van der Waals surface area contributed by atoms with E-state index in [1.165, 1.54) is 0 Å². The molecule has 26 heavy (non-hydrogen) atoms. The molecule has 0 fully saturated rings. The van der Waals surface area contributed by atoms with Gasteiger partial charge in [0.15, 0.2) is 5.82 Å². The molecule has 0 spiro atoms. The number of carbonyl (C=O) groups excluding carboxylic acids is 2. The molecule has 138 valence electrons. The molecule has 7 nitrogen and oxygen atoms in total. The Morgan fingerprint density at radius 2 is 1.88 bits per heavy atom. The van der Waals surface area contributed by atoms with Crippen molar-refractivity contribution < 1.29 is 9.59 Å². The van der Waals surface area contributed by atoms with Gasteiger partial charge >= 0.3 is 0 Å². The molecule has 3 rings (SSSR count). The average molecular weight is 355 g/mol. The van der Waals surface area contributed by atoms with E-state index in [1.807, 2.05) is 37.5 Å². The van der Waals surface area contributed by atoms with Gasteiger partial charge in [0.25, 0.3) is 11.8 Å². The number of hydrogen-bond acceptors (Lipinski definition) is 4. The maximum Gasteiger partial charge on any atom is 0.287 e. The van der Waals surface area contributed by atoms with Crippen LogP contribution in [0.4, 0.5) is 0 Å². The van der Waals surface area contributed by atoms with E-state index < -0.39 is 0 Å². The summed E-state index contributed by atoms with van der Waals surface area (Å²) in [4.78, 5) is 33.7. The van der Waals surface area contributed by atoms with Crippen molar-refractivity contribution >= 4 is 11.8 Å². The zero-order valence-electron chi connectivity index (χ0n) is 15.5. The number of rotatable bonds is 4. The lowest BCUT2D eigenvalue weighted by molar-refractivity contribution is 0.0913. The van der Waals surface area contributed by atoms with Gasteiger partial charge in [0, 0.05) is 31.0 Å². The van der Waals surface area contributed by atoms with Crippen molar-refractivity contribution in [2.24, 2.45) is 0 Å². The van der Waals surface area contributed by atoms with Gasteiger partial charge in [0.05, 0.1) is 5.69 Å². The molecule has 2 aromatic heterocycles. The number of fused-ring (bicyclic) bond motifs is 1. The largest absolute Gasteiger partial charge is 0.346 e. The van der Waals surface area contributed by atoms with Crippen molar-refractivity contribution in [3.05, 3.63) is 47.3 Å². The molecule has 2 amide bonds. The second-order valence-electron chi connectivity index (χ2n) is 7.58. The van der Waals surface area contributed by atoms with E-state index in [2.05, 4.69) is 20.6 Å². The van der Waals surface area contributed by atoms with Crippen LogP contribution in [0.15, 0.2) is 24.5 Å². The third-order valence-electron chi connectivity index (χ3n) is 4.23. The number of carbonyl (C=O) groups is 2. The normalized spacial score (nSPS) is 13.8. The van der Waals surface area contributed by atoms with Gasteiger partial charge in [-0.05, 0) is 57.7 Å². The summed E-state index contributed by atoms with van der Waals surface area (Å²) >= 11 is 0. The minimum atomic E-state index is -0.355. The lowest BCUT2D eigenvalue weighted by Gasteiger charge is -2.21. The lowest BCUT2D eigenvalue weighted by atomic mass is 10.1. The summed E-state index contributed by atoms with van der Waals surface area (Å²) in [6.45, 7) is 6.89. The SMILES string of the molecule is CC(C)(C)NC(=O)c1nc(C(=O)NCc2ccncc2)n2c1CCCC2. The Hall–Kier alpha value is -2.70. The van der Waals surface area contributed by atoms with Crippen LogP contribution in [0.3, 0.4) is 0 Å². The minimum absolute atomic E-state index is 0.226. The van der Waals surface area contributed by atoms with Crippen molar-refractivity contribution in [1.29, 1.82) is 0 Å². The molecule has 3 heterocycles. The van der Waals surface area contributed by atoms with E-state index in [1.54, 1.807) is 12.4 Å². The van der Waals surface area contributed by atoms with Crippen molar-refractivity contribution in [2.45, 2.75) is 58.7 Å². The molecule has 0 saturated heterocycles. The first-order valence-corrected chi connectivity index (χ1v) is 8.94. The number of amides is 2. The van der Waals surface area contributed by atoms with Gasteiger partial charge in [0.2, 0.25) is 0 Å². The van der Waals surface area contributed by atoms with Crippen LogP contribution in [0, 0.1) is 0 Å². The molecule has 1 aliphatic rings. The first-order chi connectivity index (χ1) is 12.3. The molecular formula is C19H25N5O2. The van der Waals surface area contributed by atoms with E-state index in [9.17, 15) is 9.59 Å². The van der Waals surface area contributed by atoms with E-state index in [0.717, 1.165) is 30.5 Å². The summed E-state index contributed by atoms with van der Waals surface area (Å²) in [5.41, 5.74) is 1.83. The van der Waals surface area contributed by atoms with E-state index in [-0.39, 0.29) is 17.4 Å². The van der Waals surface area contributed by atoms with Crippen LogP contribution in [-0.2, 0) is 19.5 Å². The second-order valence-corrected chi connectivity index (χ2v) is 7.58. The minimum Gasteiger partial charge on any atom is -0.346 e. The Morgan fingerprint density at radius 3 is 2.58 bits per heavy atom. The van der Waals surface area contributed by atoms with Crippen LogP contribution in [-0.4, -0.2) is 31.9 Å². The number of pyridine rings is 1. The quantitative estimate of drug-likeness (QED) is 0.879. The standard InChI is InChI=1S/C19H25N5O2/c1-19(2,3)23-17(25)15-14-6-4-5-11-24(14)16(22-15)18(26)21-12-13-7-9-20-10-8-13/h7-10H,4-6,11-12H2,1-3H3,(H,21,26)(H,23,25). The van der Waals surface area contributed by atoms with E-state index in [4.69, 9.17) is 0 Å². The number of nitrogens with one attached hydrogen (secondary N) is 2. The third kappa shape index (κ3) is 4.09. The maximum atomic E-state index is 12.7. The number of nitrogens with zero attached hydrogens (tertiary/aromatic N) is 3. The van der Waals surface area contributed by atoms with Gasteiger partial charge in [-0.15, -0.1) is 0 Å². The molecule has 7 heteroatoms. The summed E-state index contributed by atoms with van der Waals surface area (Å²) < 4.78 is 1.89. The fourth-order valence-corrected chi connectivity index (χ4v) is 3.06. The van der Waals surface area contributed by atoms with Gasteiger partial charge in [-0.3, -0.25) is 14.6 Å². The predicted octanol–water partition coefficient (Wildman–Crippen LogP) is 2.07. The first kappa shape index (κ1) is 18.1. The predicted molar refractivity (Wildman–Crippen MR) is 97.8 cm³/mol. The zero-order valence-corrected chi connectivity index (χ0v) is 15.5. The molecule has 0 bridgehead atoms. The van der Waals surface area contributed by atoms with Crippen LogP contribution in [0.5, 0.6) is 0 Å². The lowest BCUT2D eigenvalue weighted by Crippen LogP contribution is -2.41. The number of aromatic nitrogens is 3. The first-order valence-electron chi connectivity index (χ1n) is 8.94. The van der Waals surface area contributed by atoms with Gasteiger partial charge in [-0.2, -0.15) is 0 Å². The molecule has 0 unspecified atom stereocenters. The Morgan fingerprint density at radius 1 is 1.15 bits per heavy atom. The summed E-state index contributed by atoms with van der Waals surface area (Å²) in [6.07, 6.45) is 6.12. The molecule has 0 aromatic carbocycles. The highest BCUT2D eigenvalue weighted by Gasteiger charge is 2.28. The smallest absolute Gasteiger partial charge is 0.287 e. The van der Waals surface area contributed by atoms with Gasteiger partial charge < -0.3 is 15.2 Å². The monoisotopic (exact) mass is 355 g/mol. The number of imidazole rings is 1. The molecule has 0 radical (unpaired) electrons. The van der Waals surface area contributed by atoms with Crippen molar-refractivity contribution in [3.63, 3.8) is 0 Å². The van der Waals surface area contributed by atoms with Crippen LogP contribution >= 0.6 is 0 Å². The molecule has 2 N–H and O–H groups in total. The van der Waals surface area contributed by atoms with Gasteiger partial charge in [-0.25, -0.2) is 4.98 Å². The second kappa shape index (κ2) is 7.27. The fourth-order valence-electron chi connectivity index (χ4n) is 3.06. The number of hydrogen-bond donors (Lipinski definition) is 2.